The Morgan fingerprint density at radius 1 is 1.31 bits per heavy atom. The third kappa shape index (κ3) is 5.98. The van der Waals surface area contributed by atoms with Gasteiger partial charge in [0.15, 0.2) is 5.11 Å². The molecule has 0 aliphatic rings. The number of hydrogen-bond acceptors (Lipinski definition) is 4. The first-order chi connectivity index (χ1) is 12.5. The number of rotatable bonds is 6. The maximum atomic E-state index is 13.7. The standard InChI is InChI=1S/C18H20FN3O3S/c1-12(11-24-2)20-18(26)22-21-17(23)10-8-13-7-9-16(25-13)14-5-3-4-6-15(14)19/h3-10,12H,11H2,1-2H3,(H,21,23)(H2,20,22,26)/b10-8+/t12-/m0/s1. The zero-order valence-corrected chi connectivity index (χ0v) is 15.2. The van der Waals surface area contributed by atoms with Gasteiger partial charge in [0.2, 0.25) is 0 Å². The second-order valence-corrected chi connectivity index (χ2v) is 5.87. The van der Waals surface area contributed by atoms with Crippen LogP contribution in [0.2, 0.25) is 0 Å². The third-order valence-corrected chi connectivity index (χ3v) is 3.48. The van der Waals surface area contributed by atoms with Gasteiger partial charge < -0.3 is 14.5 Å². The molecule has 1 heterocycles. The number of benzene rings is 1. The quantitative estimate of drug-likeness (QED) is 0.408. The van der Waals surface area contributed by atoms with Crippen molar-refractivity contribution in [2.24, 2.45) is 0 Å². The Bertz CT molecular complexity index is 791. The minimum Gasteiger partial charge on any atom is -0.457 e. The van der Waals surface area contributed by atoms with Gasteiger partial charge in [0, 0.05) is 19.2 Å². The monoisotopic (exact) mass is 377 g/mol. The van der Waals surface area contributed by atoms with Crippen LogP contribution in [-0.4, -0.2) is 30.8 Å². The number of carbonyl (C=O) groups excluding carboxylic acids is 1. The predicted octanol–water partition coefficient (Wildman–Crippen LogP) is 2.63. The van der Waals surface area contributed by atoms with Crippen LogP contribution in [-0.2, 0) is 9.53 Å². The first-order valence-electron chi connectivity index (χ1n) is 7.88. The van der Waals surface area contributed by atoms with Crippen molar-refractivity contribution in [3.8, 4) is 11.3 Å². The van der Waals surface area contributed by atoms with E-state index >= 15 is 0 Å². The summed E-state index contributed by atoms with van der Waals surface area (Å²) in [5.74, 6) is 0.0204. The number of carbonyl (C=O) groups is 1. The average molecular weight is 377 g/mol. The van der Waals surface area contributed by atoms with Crippen LogP contribution >= 0.6 is 12.2 Å². The van der Waals surface area contributed by atoms with E-state index in [1.165, 1.54) is 18.2 Å². The lowest BCUT2D eigenvalue weighted by molar-refractivity contribution is -0.117. The molecular weight excluding hydrogens is 357 g/mol. The molecule has 0 aliphatic carbocycles. The molecule has 0 unspecified atom stereocenters. The molecule has 1 amide bonds. The molecule has 1 aromatic carbocycles. The topological polar surface area (TPSA) is 75.5 Å². The highest BCUT2D eigenvalue weighted by atomic mass is 32.1. The molecule has 0 saturated carbocycles. The van der Waals surface area contributed by atoms with E-state index in [9.17, 15) is 9.18 Å². The molecule has 0 bridgehead atoms. The Kier molecular flexibility index (Phi) is 7.31. The Morgan fingerprint density at radius 2 is 2.08 bits per heavy atom. The van der Waals surface area contributed by atoms with Crippen molar-refractivity contribution in [3.05, 3.63) is 54.1 Å². The van der Waals surface area contributed by atoms with Crippen LogP contribution in [0, 0.1) is 5.82 Å². The van der Waals surface area contributed by atoms with Crippen molar-refractivity contribution in [2.45, 2.75) is 13.0 Å². The Labute approximate surface area is 156 Å². The first kappa shape index (κ1) is 19.6. The fourth-order valence-electron chi connectivity index (χ4n) is 2.12. The highest BCUT2D eigenvalue weighted by molar-refractivity contribution is 7.80. The minimum atomic E-state index is -0.419. The summed E-state index contributed by atoms with van der Waals surface area (Å²) in [5, 5.41) is 3.21. The molecule has 0 radical (unpaired) electrons. The summed E-state index contributed by atoms with van der Waals surface area (Å²) in [7, 11) is 1.59. The molecule has 0 aliphatic heterocycles. The van der Waals surface area contributed by atoms with Gasteiger partial charge in [-0.05, 0) is 49.5 Å². The summed E-state index contributed by atoms with van der Waals surface area (Å²) < 4.78 is 24.2. The highest BCUT2D eigenvalue weighted by Crippen LogP contribution is 2.25. The second-order valence-electron chi connectivity index (χ2n) is 5.46. The molecule has 0 spiro atoms. The third-order valence-electron chi connectivity index (χ3n) is 3.26. The number of hydrazine groups is 1. The Hall–Kier alpha value is -2.71. The maximum Gasteiger partial charge on any atom is 0.262 e. The average Bonchev–Trinajstić information content (AvgIpc) is 3.07. The van der Waals surface area contributed by atoms with Gasteiger partial charge in [0.1, 0.15) is 17.3 Å². The maximum absolute atomic E-state index is 13.7. The molecule has 0 fully saturated rings. The van der Waals surface area contributed by atoms with E-state index < -0.39 is 5.91 Å². The van der Waals surface area contributed by atoms with E-state index in [4.69, 9.17) is 21.4 Å². The van der Waals surface area contributed by atoms with Gasteiger partial charge in [-0.1, -0.05) is 12.1 Å². The van der Waals surface area contributed by atoms with Crippen LogP contribution < -0.4 is 16.2 Å². The van der Waals surface area contributed by atoms with E-state index in [0.717, 1.165) is 0 Å². The van der Waals surface area contributed by atoms with E-state index in [2.05, 4.69) is 16.2 Å². The van der Waals surface area contributed by atoms with Gasteiger partial charge in [-0.3, -0.25) is 15.6 Å². The molecule has 2 rings (SSSR count). The van der Waals surface area contributed by atoms with Crippen LogP contribution in [0.25, 0.3) is 17.4 Å². The summed E-state index contributed by atoms with van der Waals surface area (Å²) in [4.78, 5) is 11.8. The van der Waals surface area contributed by atoms with Gasteiger partial charge in [-0.15, -0.1) is 0 Å². The van der Waals surface area contributed by atoms with Gasteiger partial charge in [-0.25, -0.2) is 4.39 Å². The number of hydrogen-bond donors (Lipinski definition) is 3. The van der Waals surface area contributed by atoms with Crippen molar-refractivity contribution in [2.75, 3.05) is 13.7 Å². The van der Waals surface area contributed by atoms with Crippen LogP contribution in [0.3, 0.4) is 0 Å². The lowest BCUT2D eigenvalue weighted by Gasteiger charge is -2.15. The molecule has 6 nitrogen and oxygen atoms in total. The molecular formula is C18H20FN3O3S. The van der Waals surface area contributed by atoms with Crippen LogP contribution in [0.5, 0.6) is 0 Å². The Balaban J connectivity index is 1.85. The van der Waals surface area contributed by atoms with E-state index in [1.54, 1.807) is 37.4 Å². The molecule has 2 aromatic rings. The number of ether oxygens (including phenoxy) is 1. The number of halogens is 1. The van der Waals surface area contributed by atoms with Crippen molar-refractivity contribution in [1.29, 1.82) is 0 Å². The SMILES string of the molecule is COC[C@H](C)NC(=S)NNC(=O)/C=C/c1ccc(-c2ccccc2F)o1. The lowest BCUT2D eigenvalue weighted by atomic mass is 10.1. The van der Waals surface area contributed by atoms with E-state index in [1.807, 2.05) is 6.92 Å². The van der Waals surface area contributed by atoms with Gasteiger partial charge in [0.05, 0.1) is 12.2 Å². The fraction of sp³-hybridized carbons (Fsp3) is 0.222. The predicted molar refractivity (Wildman–Crippen MR) is 101 cm³/mol. The zero-order chi connectivity index (χ0) is 18.9. The Morgan fingerprint density at radius 3 is 2.81 bits per heavy atom. The summed E-state index contributed by atoms with van der Waals surface area (Å²) in [6, 6.07) is 9.61. The summed E-state index contributed by atoms with van der Waals surface area (Å²) in [6.07, 6.45) is 2.75. The number of furan rings is 1. The number of amides is 1. The lowest BCUT2D eigenvalue weighted by Crippen LogP contribution is -2.49. The molecule has 8 heteroatoms. The molecule has 0 saturated heterocycles. The second kappa shape index (κ2) is 9.69. The fourth-order valence-corrected chi connectivity index (χ4v) is 2.37. The molecule has 3 N–H and O–H groups in total. The first-order valence-corrected chi connectivity index (χ1v) is 8.28. The van der Waals surface area contributed by atoms with Crippen LogP contribution in [0.15, 0.2) is 46.9 Å². The normalized spacial score (nSPS) is 12.0. The molecule has 26 heavy (non-hydrogen) atoms. The molecule has 1 aromatic heterocycles. The summed E-state index contributed by atoms with van der Waals surface area (Å²) in [6.45, 7) is 2.38. The van der Waals surface area contributed by atoms with Gasteiger partial charge >= 0.3 is 0 Å². The smallest absolute Gasteiger partial charge is 0.262 e. The summed E-state index contributed by atoms with van der Waals surface area (Å²) >= 11 is 5.04. The largest absolute Gasteiger partial charge is 0.457 e. The molecule has 1 atom stereocenters. The van der Waals surface area contributed by atoms with Gasteiger partial charge in [0.25, 0.3) is 5.91 Å². The van der Waals surface area contributed by atoms with Gasteiger partial charge in [-0.2, -0.15) is 0 Å². The number of thiocarbonyl (C=S) groups is 1. The van der Waals surface area contributed by atoms with Crippen molar-refractivity contribution < 1.29 is 18.3 Å². The van der Waals surface area contributed by atoms with Crippen molar-refractivity contribution in [3.63, 3.8) is 0 Å². The number of methoxy groups -OCH3 is 1. The minimum absolute atomic E-state index is 0.00682. The van der Waals surface area contributed by atoms with Crippen LogP contribution in [0.4, 0.5) is 4.39 Å². The van der Waals surface area contributed by atoms with Crippen molar-refractivity contribution >= 4 is 29.3 Å². The van der Waals surface area contributed by atoms with E-state index in [-0.39, 0.29) is 17.0 Å². The van der Waals surface area contributed by atoms with Crippen molar-refractivity contribution in [1.82, 2.24) is 16.2 Å². The van der Waals surface area contributed by atoms with Crippen LogP contribution in [0.1, 0.15) is 12.7 Å². The zero-order valence-electron chi connectivity index (χ0n) is 14.4. The number of nitrogens with one attached hydrogen (secondary N) is 3. The van der Waals surface area contributed by atoms with E-state index in [0.29, 0.717) is 23.7 Å². The molecule has 138 valence electrons. The highest BCUT2D eigenvalue weighted by Gasteiger charge is 2.08. The summed E-state index contributed by atoms with van der Waals surface area (Å²) in [5.41, 5.74) is 5.37.